The number of carbonyl (C=O) groups excluding carboxylic acids is 1. The number of aryl methyl sites for hydroxylation is 3. The van der Waals surface area contributed by atoms with E-state index in [1.807, 2.05) is 45.0 Å². The first-order valence-electron chi connectivity index (χ1n) is 8.17. The average molecular weight is 343 g/mol. The van der Waals surface area contributed by atoms with Crippen molar-refractivity contribution in [2.24, 2.45) is 0 Å². The summed E-state index contributed by atoms with van der Waals surface area (Å²) in [5, 5.41) is 2.89. The van der Waals surface area contributed by atoms with Crippen LogP contribution in [-0.2, 0) is 4.79 Å². The van der Waals surface area contributed by atoms with Crippen molar-refractivity contribution in [2.75, 3.05) is 26.1 Å². The maximum absolute atomic E-state index is 12.2. The van der Waals surface area contributed by atoms with Gasteiger partial charge in [0.15, 0.2) is 11.5 Å². The quantitative estimate of drug-likeness (QED) is 0.824. The van der Waals surface area contributed by atoms with Gasteiger partial charge in [-0.15, -0.1) is 0 Å². The molecule has 5 nitrogen and oxygen atoms in total. The van der Waals surface area contributed by atoms with Gasteiger partial charge in [-0.1, -0.05) is 12.1 Å². The Kier molecular flexibility index (Phi) is 6.28. The second-order valence-electron chi connectivity index (χ2n) is 5.94. The third-order valence-electron chi connectivity index (χ3n) is 3.93. The van der Waals surface area contributed by atoms with Gasteiger partial charge in [-0.2, -0.15) is 0 Å². The molecule has 0 atom stereocenters. The van der Waals surface area contributed by atoms with Crippen molar-refractivity contribution in [3.63, 3.8) is 0 Å². The van der Waals surface area contributed by atoms with E-state index < -0.39 is 0 Å². The highest BCUT2D eigenvalue weighted by Gasteiger charge is 2.11. The van der Waals surface area contributed by atoms with Crippen LogP contribution < -0.4 is 19.5 Å². The molecule has 134 valence electrons. The summed E-state index contributed by atoms with van der Waals surface area (Å²) in [4.78, 5) is 12.2. The first-order chi connectivity index (χ1) is 11.9. The molecule has 0 aromatic heterocycles. The van der Waals surface area contributed by atoms with Crippen LogP contribution in [0.25, 0.3) is 0 Å². The number of amides is 1. The minimum atomic E-state index is -0.111. The third kappa shape index (κ3) is 4.89. The van der Waals surface area contributed by atoms with Gasteiger partial charge < -0.3 is 19.5 Å². The highest BCUT2D eigenvalue weighted by molar-refractivity contribution is 5.92. The Morgan fingerprint density at radius 3 is 2.28 bits per heavy atom. The monoisotopic (exact) mass is 343 g/mol. The average Bonchev–Trinajstić information content (AvgIpc) is 2.59. The van der Waals surface area contributed by atoms with Crippen LogP contribution in [0.1, 0.15) is 23.1 Å². The fourth-order valence-corrected chi connectivity index (χ4v) is 2.44. The van der Waals surface area contributed by atoms with Crippen molar-refractivity contribution in [3.05, 3.63) is 47.0 Å². The smallest absolute Gasteiger partial charge is 0.227 e. The van der Waals surface area contributed by atoms with Crippen LogP contribution >= 0.6 is 0 Å². The van der Waals surface area contributed by atoms with E-state index in [0.29, 0.717) is 23.8 Å². The Labute approximate surface area is 148 Å². The zero-order chi connectivity index (χ0) is 18.4. The minimum Gasteiger partial charge on any atom is -0.493 e. The Hall–Kier alpha value is -2.69. The number of methoxy groups -OCH3 is 2. The Morgan fingerprint density at radius 2 is 1.60 bits per heavy atom. The fourth-order valence-electron chi connectivity index (χ4n) is 2.44. The zero-order valence-electron chi connectivity index (χ0n) is 15.4. The minimum absolute atomic E-state index is 0.111. The van der Waals surface area contributed by atoms with Gasteiger partial charge in [0.1, 0.15) is 5.75 Å². The molecule has 5 heteroatoms. The molecule has 0 bridgehead atoms. The van der Waals surface area contributed by atoms with E-state index in [9.17, 15) is 4.79 Å². The lowest BCUT2D eigenvalue weighted by Gasteiger charge is -2.14. The molecule has 2 aromatic rings. The van der Waals surface area contributed by atoms with E-state index in [2.05, 4.69) is 5.32 Å². The lowest BCUT2D eigenvalue weighted by molar-refractivity contribution is -0.116. The van der Waals surface area contributed by atoms with Gasteiger partial charge in [-0.05, 0) is 49.6 Å². The van der Waals surface area contributed by atoms with Gasteiger partial charge in [-0.25, -0.2) is 0 Å². The predicted octanol–water partition coefficient (Wildman–Crippen LogP) is 4.04. The molecule has 2 aromatic carbocycles. The fraction of sp³-hybridized carbons (Fsp3) is 0.350. The molecule has 0 saturated carbocycles. The summed E-state index contributed by atoms with van der Waals surface area (Å²) in [6.45, 7) is 6.23. The van der Waals surface area contributed by atoms with Gasteiger partial charge in [0.25, 0.3) is 0 Å². The molecule has 0 heterocycles. The van der Waals surface area contributed by atoms with Crippen LogP contribution in [0.3, 0.4) is 0 Å². The maximum Gasteiger partial charge on any atom is 0.227 e. The predicted molar refractivity (Wildman–Crippen MR) is 98.9 cm³/mol. The Balaban J connectivity index is 1.95. The SMILES string of the molecule is COc1cc(C)c(NC(=O)CCOc2cc(C)ccc2C)cc1OC. The summed E-state index contributed by atoms with van der Waals surface area (Å²) >= 11 is 0. The van der Waals surface area contributed by atoms with Crippen LogP contribution in [0.2, 0.25) is 0 Å². The number of anilines is 1. The maximum atomic E-state index is 12.2. The Morgan fingerprint density at radius 1 is 0.920 bits per heavy atom. The molecular formula is C20H25NO4. The summed E-state index contributed by atoms with van der Waals surface area (Å²) < 4.78 is 16.3. The summed E-state index contributed by atoms with van der Waals surface area (Å²) in [5.41, 5.74) is 3.79. The van der Waals surface area contributed by atoms with Crippen LogP contribution in [0.4, 0.5) is 5.69 Å². The molecule has 0 fully saturated rings. The highest BCUT2D eigenvalue weighted by atomic mass is 16.5. The molecule has 0 spiro atoms. The van der Waals surface area contributed by atoms with Crippen molar-refractivity contribution in [2.45, 2.75) is 27.2 Å². The number of nitrogens with one attached hydrogen (secondary N) is 1. The van der Waals surface area contributed by atoms with Gasteiger partial charge >= 0.3 is 0 Å². The van der Waals surface area contributed by atoms with Crippen molar-refractivity contribution < 1.29 is 19.0 Å². The summed E-state index contributed by atoms with van der Waals surface area (Å²) in [7, 11) is 3.15. The Bertz CT molecular complexity index is 756. The number of ether oxygens (including phenoxy) is 3. The molecule has 0 aliphatic carbocycles. The molecule has 0 radical (unpaired) electrons. The molecule has 2 rings (SSSR count). The highest BCUT2D eigenvalue weighted by Crippen LogP contribution is 2.32. The van der Waals surface area contributed by atoms with Crippen LogP contribution in [0, 0.1) is 20.8 Å². The van der Waals surface area contributed by atoms with Crippen LogP contribution in [-0.4, -0.2) is 26.7 Å². The number of hydrogen-bond donors (Lipinski definition) is 1. The molecule has 1 N–H and O–H groups in total. The van der Waals surface area contributed by atoms with E-state index in [-0.39, 0.29) is 12.3 Å². The van der Waals surface area contributed by atoms with E-state index in [0.717, 1.165) is 22.4 Å². The van der Waals surface area contributed by atoms with Crippen molar-refractivity contribution in [1.29, 1.82) is 0 Å². The molecule has 1 amide bonds. The summed E-state index contributed by atoms with van der Waals surface area (Å²) in [6.07, 6.45) is 0.265. The second kappa shape index (κ2) is 8.42. The standard InChI is InChI=1S/C20H25NO4/c1-13-6-7-14(2)17(10-13)25-9-8-20(22)21-16-12-19(24-5)18(23-4)11-15(16)3/h6-7,10-12H,8-9H2,1-5H3,(H,21,22). The molecule has 0 aliphatic heterocycles. The van der Waals surface area contributed by atoms with Gasteiger partial charge in [0.05, 0.1) is 27.2 Å². The number of carbonyl (C=O) groups is 1. The first kappa shape index (κ1) is 18.6. The van der Waals surface area contributed by atoms with Crippen LogP contribution in [0.5, 0.6) is 17.2 Å². The molecule has 0 unspecified atom stereocenters. The van der Waals surface area contributed by atoms with Gasteiger partial charge in [0, 0.05) is 11.8 Å². The van der Waals surface area contributed by atoms with Gasteiger partial charge in [0.2, 0.25) is 5.91 Å². The van der Waals surface area contributed by atoms with E-state index >= 15 is 0 Å². The first-order valence-corrected chi connectivity index (χ1v) is 8.17. The largest absolute Gasteiger partial charge is 0.493 e. The topological polar surface area (TPSA) is 56.8 Å². The zero-order valence-corrected chi connectivity index (χ0v) is 15.4. The summed E-state index contributed by atoms with van der Waals surface area (Å²) in [6, 6.07) is 9.62. The van der Waals surface area contributed by atoms with E-state index in [1.165, 1.54) is 0 Å². The lowest BCUT2D eigenvalue weighted by atomic mass is 10.1. The van der Waals surface area contributed by atoms with Crippen LogP contribution in [0.15, 0.2) is 30.3 Å². The molecule has 0 saturated heterocycles. The van der Waals surface area contributed by atoms with Gasteiger partial charge in [-0.3, -0.25) is 4.79 Å². The second-order valence-corrected chi connectivity index (χ2v) is 5.94. The third-order valence-corrected chi connectivity index (χ3v) is 3.93. The van der Waals surface area contributed by atoms with Crippen molar-refractivity contribution >= 4 is 11.6 Å². The lowest BCUT2D eigenvalue weighted by Crippen LogP contribution is -2.16. The van der Waals surface area contributed by atoms with E-state index in [4.69, 9.17) is 14.2 Å². The number of benzene rings is 2. The summed E-state index contributed by atoms with van der Waals surface area (Å²) in [5.74, 6) is 1.92. The molecule has 0 aliphatic rings. The van der Waals surface area contributed by atoms with Crippen molar-refractivity contribution in [3.8, 4) is 17.2 Å². The number of hydrogen-bond acceptors (Lipinski definition) is 4. The molecular weight excluding hydrogens is 318 g/mol. The molecule has 25 heavy (non-hydrogen) atoms. The van der Waals surface area contributed by atoms with E-state index in [1.54, 1.807) is 20.3 Å². The number of rotatable bonds is 7. The normalized spacial score (nSPS) is 10.3. The van der Waals surface area contributed by atoms with Crippen molar-refractivity contribution in [1.82, 2.24) is 0 Å².